The van der Waals surface area contributed by atoms with Crippen molar-refractivity contribution in [3.05, 3.63) is 68.9 Å². The minimum absolute atomic E-state index is 0.119. The Labute approximate surface area is 111 Å². The quantitative estimate of drug-likeness (QED) is 0.605. The second-order valence-electron chi connectivity index (χ2n) is 4.48. The first-order valence-electron chi connectivity index (χ1n) is 5.79. The standard InChI is InChI=1S/C15H11NTe/c1-2-6-13-11(4-1)8-9-12-5-3-7-14-15(12,13)16-10-17-14/h1-3,5-10H,4H2. The van der Waals surface area contributed by atoms with Crippen LogP contribution in [0.1, 0.15) is 6.42 Å². The van der Waals surface area contributed by atoms with Gasteiger partial charge in [0.25, 0.3) is 0 Å². The van der Waals surface area contributed by atoms with Crippen LogP contribution in [0.25, 0.3) is 0 Å². The van der Waals surface area contributed by atoms with Crippen LogP contribution >= 0.6 is 0 Å². The van der Waals surface area contributed by atoms with Gasteiger partial charge in [0, 0.05) is 0 Å². The van der Waals surface area contributed by atoms with E-state index in [-0.39, 0.29) is 26.5 Å². The van der Waals surface area contributed by atoms with Crippen LogP contribution in [0, 0.1) is 0 Å². The zero-order valence-corrected chi connectivity index (χ0v) is 11.6. The molecule has 2 heteroatoms. The van der Waals surface area contributed by atoms with Crippen LogP contribution in [0.4, 0.5) is 0 Å². The molecule has 0 saturated heterocycles. The van der Waals surface area contributed by atoms with Crippen molar-refractivity contribution in [1.29, 1.82) is 0 Å². The third-order valence-corrected chi connectivity index (χ3v) is 6.22. The van der Waals surface area contributed by atoms with E-state index in [0.717, 1.165) is 6.42 Å². The molecule has 0 aromatic carbocycles. The van der Waals surface area contributed by atoms with Crippen LogP contribution in [0.15, 0.2) is 73.9 Å². The van der Waals surface area contributed by atoms with Gasteiger partial charge in [-0.3, -0.25) is 0 Å². The third kappa shape index (κ3) is 1.18. The number of aliphatic imine (C=N–C) groups is 1. The van der Waals surface area contributed by atoms with Gasteiger partial charge in [0.15, 0.2) is 0 Å². The van der Waals surface area contributed by atoms with Crippen molar-refractivity contribution in [3.63, 3.8) is 0 Å². The van der Waals surface area contributed by atoms with Gasteiger partial charge in [-0.15, -0.1) is 0 Å². The van der Waals surface area contributed by atoms with E-state index in [2.05, 4.69) is 52.9 Å². The number of rotatable bonds is 0. The normalized spacial score (nSPS) is 32.0. The van der Waals surface area contributed by atoms with Crippen molar-refractivity contribution < 1.29 is 0 Å². The molecular weight excluding hydrogens is 322 g/mol. The van der Waals surface area contributed by atoms with Crippen molar-refractivity contribution in [2.45, 2.75) is 12.0 Å². The van der Waals surface area contributed by atoms with Crippen LogP contribution in [-0.2, 0) is 0 Å². The Morgan fingerprint density at radius 1 is 1.12 bits per heavy atom. The summed E-state index contributed by atoms with van der Waals surface area (Å²) in [7, 11) is 0. The van der Waals surface area contributed by atoms with Crippen LogP contribution in [0.2, 0.25) is 0 Å². The molecule has 0 saturated carbocycles. The van der Waals surface area contributed by atoms with Gasteiger partial charge in [0.05, 0.1) is 0 Å². The molecule has 0 aromatic rings. The van der Waals surface area contributed by atoms with Crippen molar-refractivity contribution in [2.75, 3.05) is 0 Å². The number of allylic oxidation sites excluding steroid dienone is 7. The monoisotopic (exact) mass is 335 g/mol. The summed E-state index contributed by atoms with van der Waals surface area (Å²) in [6, 6.07) is 0. The summed E-state index contributed by atoms with van der Waals surface area (Å²) < 4.78 is 3.74. The fraction of sp³-hybridized carbons (Fsp3) is 0.133. The molecule has 0 amide bonds. The Balaban J connectivity index is 2.03. The van der Waals surface area contributed by atoms with E-state index in [4.69, 9.17) is 4.99 Å². The van der Waals surface area contributed by atoms with Crippen molar-refractivity contribution in [2.24, 2.45) is 4.99 Å². The van der Waals surface area contributed by atoms with E-state index in [0.29, 0.717) is 0 Å². The van der Waals surface area contributed by atoms with Gasteiger partial charge in [-0.25, -0.2) is 0 Å². The van der Waals surface area contributed by atoms with Crippen molar-refractivity contribution >= 4 is 25.2 Å². The molecule has 3 aliphatic carbocycles. The van der Waals surface area contributed by atoms with E-state index in [1.165, 1.54) is 16.7 Å². The average Bonchev–Trinajstić information content (AvgIpc) is 2.81. The zero-order chi connectivity index (χ0) is 11.3. The molecular formula is C15H11NTe. The molecule has 1 unspecified atom stereocenters. The molecule has 17 heavy (non-hydrogen) atoms. The summed E-state index contributed by atoms with van der Waals surface area (Å²) in [5.74, 6) is 0. The molecule has 0 fully saturated rings. The van der Waals surface area contributed by atoms with Gasteiger partial charge in [-0.2, -0.15) is 0 Å². The Morgan fingerprint density at radius 3 is 3.12 bits per heavy atom. The van der Waals surface area contributed by atoms with Crippen molar-refractivity contribution in [3.8, 4) is 0 Å². The Hall–Kier alpha value is -1.10. The number of hydrogen-bond donors (Lipinski definition) is 0. The van der Waals surface area contributed by atoms with E-state index < -0.39 is 0 Å². The summed E-state index contributed by atoms with van der Waals surface area (Å²) in [4.78, 5) is 4.90. The average molecular weight is 333 g/mol. The maximum atomic E-state index is 4.90. The molecule has 1 heterocycles. The summed E-state index contributed by atoms with van der Waals surface area (Å²) >= 11 is -0.206. The first-order chi connectivity index (χ1) is 8.41. The topological polar surface area (TPSA) is 12.4 Å². The first kappa shape index (κ1) is 9.88. The minimum atomic E-state index is -0.206. The molecule has 1 aliphatic heterocycles. The second-order valence-corrected chi connectivity index (χ2v) is 7.01. The predicted octanol–water partition coefficient (Wildman–Crippen LogP) is 2.68. The Kier molecular flexibility index (Phi) is 2.00. The molecule has 0 N–H and O–H groups in total. The van der Waals surface area contributed by atoms with Gasteiger partial charge < -0.3 is 0 Å². The van der Waals surface area contributed by atoms with Crippen molar-refractivity contribution in [1.82, 2.24) is 0 Å². The van der Waals surface area contributed by atoms with Gasteiger partial charge in [-0.1, -0.05) is 0 Å². The molecule has 1 atom stereocenters. The number of fused-ring (bicyclic) bond motifs is 1. The third-order valence-electron chi connectivity index (χ3n) is 3.66. The van der Waals surface area contributed by atoms with Crippen LogP contribution in [0.5, 0.6) is 0 Å². The van der Waals surface area contributed by atoms with Crippen LogP contribution in [-0.4, -0.2) is 30.7 Å². The van der Waals surface area contributed by atoms with E-state index in [1.807, 2.05) is 0 Å². The fourth-order valence-corrected chi connectivity index (χ4v) is 5.52. The predicted molar refractivity (Wildman–Crippen MR) is 72.2 cm³/mol. The van der Waals surface area contributed by atoms with Gasteiger partial charge in [0.1, 0.15) is 0 Å². The molecule has 0 bridgehead atoms. The Morgan fingerprint density at radius 2 is 2.12 bits per heavy atom. The molecule has 0 radical (unpaired) electrons. The maximum absolute atomic E-state index is 4.90. The summed E-state index contributed by atoms with van der Waals surface area (Å²) in [5.41, 5.74) is 4.07. The van der Waals surface area contributed by atoms with Crippen LogP contribution in [0.3, 0.4) is 0 Å². The summed E-state index contributed by atoms with van der Waals surface area (Å²) in [6.45, 7) is 0. The van der Waals surface area contributed by atoms with Gasteiger partial charge >= 0.3 is 111 Å². The summed E-state index contributed by atoms with van der Waals surface area (Å²) in [6.07, 6.45) is 18.9. The molecule has 4 aliphatic rings. The van der Waals surface area contributed by atoms with Gasteiger partial charge in [-0.05, 0) is 0 Å². The van der Waals surface area contributed by atoms with E-state index >= 15 is 0 Å². The molecule has 4 rings (SSSR count). The Bertz CT molecular complexity index is 611. The van der Waals surface area contributed by atoms with Gasteiger partial charge in [0.2, 0.25) is 0 Å². The molecule has 1 spiro atoms. The number of nitrogens with zero attached hydrogens (tertiary/aromatic N) is 1. The molecule has 1 nitrogen and oxygen atoms in total. The second kappa shape index (κ2) is 3.45. The zero-order valence-electron chi connectivity index (χ0n) is 9.26. The SMILES string of the molecule is C1=CCC2=CC=C3C=CC=C4[Te]C=NC34C2=C1. The van der Waals surface area contributed by atoms with Crippen LogP contribution < -0.4 is 0 Å². The first-order valence-corrected chi connectivity index (χ1v) is 8.30. The van der Waals surface area contributed by atoms with E-state index in [1.54, 1.807) is 3.62 Å². The fourth-order valence-electron chi connectivity index (χ4n) is 2.86. The molecule has 0 aromatic heterocycles. The molecule has 82 valence electrons. The summed E-state index contributed by atoms with van der Waals surface area (Å²) in [5, 5.41) is 0. The van der Waals surface area contributed by atoms with E-state index in [9.17, 15) is 0 Å². The number of hydrogen-bond acceptors (Lipinski definition) is 1.